The van der Waals surface area contributed by atoms with E-state index in [0.717, 1.165) is 5.56 Å². The molecule has 1 aromatic heterocycles. The number of nitrogens with one attached hydrogen (secondary N) is 1. The summed E-state index contributed by atoms with van der Waals surface area (Å²) in [6, 6.07) is 13.8. The number of halogens is 1. The van der Waals surface area contributed by atoms with E-state index in [2.05, 4.69) is 10.3 Å². The molecule has 0 saturated heterocycles. The number of ether oxygens (including phenoxy) is 1. The van der Waals surface area contributed by atoms with Crippen molar-refractivity contribution in [3.05, 3.63) is 72.0 Å². The van der Waals surface area contributed by atoms with Crippen molar-refractivity contribution in [2.75, 3.05) is 12.4 Å². The lowest BCUT2D eigenvalue weighted by atomic mass is 10.2. The summed E-state index contributed by atoms with van der Waals surface area (Å²) in [5.41, 5.74) is 2.10. The first-order valence-corrected chi connectivity index (χ1v) is 8.23. The third-order valence-corrected chi connectivity index (χ3v) is 3.81. The average Bonchev–Trinajstić information content (AvgIpc) is 3.11. The molecule has 0 bridgehead atoms. The first kappa shape index (κ1) is 17.8. The van der Waals surface area contributed by atoms with E-state index in [0.29, 0.717) is 35.9 Å². The van der Waals surface area contributed by atoms with Crippen molar-refractivity contribution in [1.82, 2.24) is 4.98 Å². The zero-order chi connectivity index (χ0) is 18.4. The second-order valence-electron chi connectivity index (χ2n) is 5.78. The quantitative estimate of drug-likeness (QED) is 0.691. The van der Waals surface area contributed by atoms with Crippen molar-refractivity contribution < 1.29 is 18.3 Å². The third kappa shape index (κ3) is 4.55. The van der Waals surface area contributed by atoms with E-state index in [4.69, 9.17) is 9.15 Å². The summed E-state index contributed by atoms with van der Waals surface area (Å²) in [7, 11) is 1.63. The zero-order valence-electron chi connectivity index (χ0n) is 14.4. The van der Waals surface area contributed by atoms with Gasteiger partial charge in [-0.15, -0.1) is 0 Å². The Bertz CT molecular complexity index is 875. The number of hydrogen-bond donors (Lipinski definition) is 1. The van der Waals surface area contributed by atoms with Gasteiger partial charge < -0.3 is 14.5 Å². The molecule has 1 N–H and O–H groups in total. The molecular formula is C20H19FN2O3. The molecular weight excluding hydrogens is 335 g/mol. The van der Waals surface area contributed by atoms with Crippen LogP contribution in [-0.2, 0) is 22.6 Å². The van der Waals surface area contributed by atoms with Crippen molar-refractivity contribution in [2.24, 2.45) is 0 Å². The van der Waals surface area contributed by atoms with Gasteiger partial charge in [-0.25, -0.2) is 9.37 Å². The molecule has 6 heteroatoms. The van der Waals surface area contributed by atoms with Crippen LogP contribution in [0.5, 0.6) is 0 Å². The van der Waals surface area contributed by atoms with Gasteiger partial charge in [-0.05, 0) is 29.8 Å². The molecule has 0 unspecified atom stereocenters. The lowest BCUT2D eigenvalue weighted by molar-refractivity contribution is -0.116. The van der Waals surface area contributed by atoms with Crippen molar-refractivity contribution >= 4 is 11.6 Å². The van der Waals surface area contributed by atoms with E-state index in [9.17, 15) is 9.18 Å². The highest BCUT2D eigenvalue weighted by Crippen LogP contribution is 2.23. The molecule has 1 heterocycles. The second-order valence-corrected chi connectivity index (χ2v) is 5.78. The number of anilines is 1. The summed E-state index contributed by atoms with van der Waals surface area (Å²) in [4.78, 5) is 16.2. The molecule has 0 saturated carbocycles. The van der Waals surface area contributed by atoms with Crippen LogP contribution in [0.25, 0.3) is 11.3 Å². The van der Waals surface area contributed by atoms with Crippen molar-refractivity contribution in [3.8, 4) is 11.3 Å². The van der Waals surface area contributed by atoms with Gasteiger partial charge in [-0.1, -0.05) is 24.3 Å². The molecule has 1 amide bonds. The Labute approximate surface area is 150 Å². The monoisotopic (exact) mass is 354 g/mol. The molecule has 134 valence electrons. The molecule has 0 aliphatic rings. The van der Waals surface area contributed by atoms with Crippen molar-refractivity contribution in [1.29, 1.82) is 0 Å². The largest absolute Gasteiger partial charge is 0.441 e. The van der Waals surface area contributed by atoms with Crippen LogP contribution < -0.4 is 5.32 Å². The maximum absolute atomic E-state index is 13.8. The van der Waals surface area contributed by atoms with E-state index in [1.165, 1.54) is 12.3 Å². The first-order valence-electron chi connectivity index (χ1n) is 8.23. The highest BCUT2D eigenvalue weighted by Gasteiger charge is 2.12. The first-order chi connectivity index (χ1) is 12.7. The van der Waals surface area contributed by atoms with Gasteiger partial charge in [0.1, 0.15) is 5.82 Å². The second kappa shape index (κ2) is 8.40. The molecule has 0 fully saturated rings. The van der Waals surface area contributed by atoms with E-state index in [1.807, 2.05) is 24.3 Å². The molecule has 26 heavy (non-hydrogen) atoms. The van der Waals surface area contributed by atoms with Crippen LogP contribution in [0.1, 0.15) is 17.9 Å². The van der Waals surface area contributed by atoms with Gasteiger partial charge >= 0.3 is 0 Å². The minimum atomic E-state index is -0.370. The lowest BCUT2D eigenvalue weighted by Crippen LogP contribution is -2.12. The fourth-order valence-corrected chi connectivity index (χ4v) is 2.51. The zero-order valence-corrected chi connectivity index (χ0v) is 14.4. The fraction of sp³-hybridized carbons (Fsp3) is 0.200. The summed E-state index contributed by atoms with van der Waals surface area (Å²) in [5, 5.41) is 2.82. The predicted molar refractivity (Wildman–Crippen MR) is 96.0 cm³/mol. The molecule has 5 nitrogen and oxygen atoms in total. The van der Waals surface area contributed by atoms with E-state index in [-0.39, 0.29) is 18.1 Å². The molecule has 3 rings (SSSR count). The summed E-state index contributed by atoms with van der Waals surface area (Å²) in [6.07, 6.45) is 2.03. The Morgan fingerprint density at radius 1 is 1.19 bits per heavy atom. The lowest BCUT2D eigenvalue weighted by Gasteiger charge is -2.05. The number of carbonyl (C=O) groups is 1. The standard InChI is InChI=1S/C20H19FN2O3/c1-25-13-14-6-8-15(9-7-14)23-19(24)10-11-20-22-12-18(26-20)16-4-2-3-5-17(16)21/h2-9,12H,10-11,13H2,1H3,(H,23,24). The Morgan fingerprint density at radius 3 is 2.69 bits per heavy atom. The minimum absolute atomic E-state index is 0.143. The molecule has 2 aromatic carbocycles. The third-order valence-electron chi connectivity index (χ3n) is 3.81. The summed E-state index contributed by atoms with van der Waals surface area (Å²) >= 11 is 0. The van der Waals surface area contributed by atoms with Crippen LogP contribution in [0.3, 0.4) is 0 Å². The number of amides is 1. The van der Waals surface area contributed by atoms with E-state index < -0.39 is 0 Å². The normalized spacial score (nSPS) is 10.7. The van der Waals surface area contributed by atoms with Gasteiger partial charge in [0.05, 0.1) is 18.4 Å². The fourth-order valence-electron chi connectivity index (χ4n) is 2.51. The van der Waals surface area contributed by atoms with Crippen molar-refractivity contribution in [3.63, 3.8) is 0 Å². The number of carbonyl (C=O) groups excluding carboxylic acids is 1. The predicted octanol–water partition coefficient (Wildman–Crippen LogP) is 4.20. The topological polar surface area (TPSA) is 64.4 Å². The summed E-state index contributed by atoms with van der Waals surface area (Å²) in [6.45, 7) is 0.530. The Kier molecular flexibility index (Phi) is 5.76. The van der Waals surface area contributed by atoms with Crippen LogP contribution in [0.4, 0.5) is 10.1 Å². The molecule has 0 spiro atoms. The van der Waals surface area contributed by atoms with Gasteiger partial charge in [0.2, 0.25) is 5.91 Å². The molecule has 0 aliphatic heterocycles. The number of aryl methyl sites for hydroxylation is 1. The highest BCUT2D eigenvalue weighted by molar-refractivity contribution is 5.90. The molecule has 0 radical (unpaired) electrons. The maximum Gasteiger partial charge on any atom is 0.224 e. The Hall–Kier alpha value is -2.99. The Morgan fingerprint density at radius 2 is 1.96 bits per heavy atom. The number of nitrogens with zero attached hydrogens (tertiary/aromatic N) is 1. The van der Waals surface area contributed by atoms with Crippen LogP contribution in [-0.4, -0.2) is 18.0 Å². The number of aromatic nitrogens is 1. The van der Waals surface area contributed by atoms with Gasteiger partial charge in [0.15, 0.2) is 11.7 Å². The van der Waals surface area contributed by atoms with Crippen LogP contribution >= 0.6 is 0 Å². The molecule has 0 atom stereocenters. The number of rotatable bonds is 7. The minimum Gasteiger partial charge on any atom is -0.441 e. The average molecular weight is 354 g/mol. The number of benzene rings is 2. The van der Waals surface area contributed by atoms with Gasteiger partial charge in [0, 0.05) is 25.6 Å². The molecule has 3 aromatic rings. The van der Waals surface area contributed by atoms with Gasteiger partial charge in [0.25, 0.3) is 0 Å². The molecule has 0 aliphatic carbocycles. The van der Waals surface area contributed by atoms with E-state index in [1.54, 1.807) is 25.3 Å². The van der Waals surface area contributed by atoms with Gasteiger partial charge in [-0.3, -0.25) is 4.79 Å². The summed E-state index contributed by atoms with van der Waals surface area (Å²) < 4.78 is 24.4. The number of methoxy groups -OCH3 is 1. The maximum atomic E-state index is 13.8. The van der Waals surface area contributed by atoms with Crippen LogP contribution in [0, 0.1) is 5.82 Å². The van der Waals surface area contributed by atoms with Crippen LogP contribution in [0.2, 0.25) is 0 Å². The smallest absolute Gasteiger partial charge is 0.224 e. The number of oxazole rings is 1. The van der Waals surface area contributed by atoms with Crippen LogP contribution in [0.15, 0.2) is 59.1 Å². The number of hydrogen-bond acceptors (Lipinski definition) is 4. The van der Waals surface area contributed by atoms with E-state index >= 15 is 0 Å². The van der Waals surface area contributed by atoms with Gasteiger partial charge in [-0.2, -0.15) is 0 Å². The highest BCUT2D eigenvalue weighted by atomic mass is 19.1. The Balaban J connectivity index is 1.54. The SMILES string of the molecule is COCc1ccc(NC(=O)CCc2ncc(-c3ccccc3F)o2)cc1. The van der Waals surface area contributed by atoms with Crippen molar-refractivity contribution in [2.45, 2.75) is 19.4 Å². The summed E-state index contributed by atoms with van der Waals surface area (Å²) in [5.74, 6) is 0.237.